The van der Waals surface area contributed by atoms with Crippen LogP contribution in [0.2, 0.25) is 0 Å². The molecule has 1 unspecified atom stereocenters. The highest BCUT2D eigenvalue weighted by Gasteiger charge is 2.11. The highest BCUT2D eigenvalue weighted by Crippen LogP contribution is 2.13. The summed E-state index contributed by atoms with van der Waals surface area (Å²) in [6, 6.07) is 9.78. The van der Waals surface area contributed by atoms with Crippen molar-refractivity contribution in [3.8, 4) is 5.75 Å². The van der Waals surface area contributed by atoms with Crippen LogP contribution in [0.3, 0.4) is 0 Å². The lowest BCUT2D eigenvalue weighted by Gasteiger charge is -2.20. The SMILES string of the molecule is Cc1ccc(OCC(O)CN(C)Cc2ccoc2C)cc1. The van der Waals surface area contributed by atoms with Crippen molar-refractivity contribution in [2.75, 3.05) is 20.2 Å². The molecule has 0 aliphatic rings. The summed E-state index contributed by atoms with van der Waals surface area (Å²) in [6.07, 6.45) is 1.17. The Balaban J connectivity index is 1.74. The lowest BCUT2D eigenvalue weighted by molar-refractivity contribution is 0.0742. The van der Waals surface area contributed by atoms with Gasteiger partial charge in [0.1, 0.15) is 24.2 Å². The second-order valence-corrected chi connectivity index (χ2v) is 5.48. The van der Waals surface area contributed by atoms with Crippen molar-refractivity contribution in [3.05, 3.63) is 53.5 Å². The molecule has 114 valence electrons. The lowest BCUT2D eigenvalue weighted by Crippen LogP contribution is -2.32. The van der Waals surface area contributed by atoms with E-state index in [-0.39, 0.29) is 6.61 Å². The van der Waals surface area contributed by atoms with Gasteiger partial charge in [0.05, 0.1) is 6.26 Å². The van der Waals surface area contributed by atoms with Gasteiger partial charge >= 0.3 is 0 Å². The Morgan fingerprint density at radius 1 is 1.19 bits per heavy atom. The van der Waals surface area contributed by atoms with E-state index in [0.29, 0.717) is 6.54 Å². The van der Waals surface area contributed by atoms with Crippen molar-refractivity contribution < 1.29 is 14.3 Å². The van der Waals surface area contributed by atoms with Crippen molar-refractivity contribution in [3.63, 3.8) is 0 Å². The number of rotatable bonds is 7. The van der Waals surface area contributed by atoms with E-state index in [1.807, 2.05) is 51.2 Å². The highest BCUT2D eigenvalue weighted by atomic mass is 16.5. The molecule has 0 saturated carbocycles. The average Bonchev–Trinajstić information content (AvgIpc) is 2.83. The van der Waals surface area contributed by atoms with Gasteiger partial charge in [-0.05, 0) is 39.1 Å². The minimum absolute atomic E-state index is 0.289. The van der Waals surface area contributed by atoms with E-state index in [4.69, 9.17) is 9.15 Å². The molecule has 0 fully saturated rings. The molecule has 0 spiro atoms. The summed E-state index contributed by atoms with van der Waals surface area (Å²) in [5.74, 6) is 1.71. The molecule has 0 aliphatic heterocycles. The summed E-state index contributed by atoms with van der Waals surface area (Å²) in [4.78, 5) is 2.06. The molecule has 0 amide bonds. The molecule has 1 atom stereocenters. The van der Waals surface area contributed by atoms with Gasteiger partial charge in [-0.1, -0.05) is 17.7 Å². The van der Waals surface area contributed by atoms with Crippen LogP contribution in [0, 0.1) is 13.8 Å². The number of aryl methyl sites for hydroxylation is 2. The lowest BCUT2D eigenvalue weighted by atomic mass is 10.2. The summed E-state index contributed by atoms with van der Waals surface area (Å²) in [6.45, 7) is 5.57. The van der Waals surface area contributed by atoms with Crippen molar-refractivity contribution >= 4 is 0 Å². The summed E-state index contributed by atoms with van der Waals surface area (Å²) in [5.41, 5.74) is 2.34. The predicted octanol–water partition coefficient (Wildman–Crippen LogP) is 2.77. The molecule has 21 heavy (non-hydrogen) atoms. The van der Waals surface area contributed by atoms with Gasteiger partial charge in [0.2, 0.25) is 0 Å². The van der Waals surface area contributed by atoms with Crippen LogP contribution < -0.4 is 4.74 Å². The van der Waals surface area contributed by atoms with E-state index >= 15 is 0 Å². The van der Waals surface area contributed by atoms with Gasteiger partial charge in [-0.15, -0.1) is 0 Å². The number of likely N-dealkylation sites (N-methyl/N-ethyl adjacent to an activating group) is 1. The Morgan fingerprint density at radius 3 is 2.52 bits per heavy atom. The monoisotopic (exact) mass is 289 g/mol. The van der Waals surface area contributed by atoms with Crippen LogP contribution in [0.1, 0.15) is 16.9 Å². The van der Waals surface area contributed by atoms with E-state index in [0.717, 1.165) is 23.6 Å². The molecule has 0 aliphatic carbocycles. The number of ether oxygens (including phenoxy) is 1. The predicted molar refractivity (Wildman–Crippen MR) is 82.5 cm³/mol. The van der Waals surface area contributed by atoms with Crippen molar-refractivity contribution in [1.82, 2.24) is 4.90 Å². The maximum Gasteiger partial charge on any atom is 0.119 e. The Hall–Kier alpha value is -1.78. The number of hydrogen-bond donors (Lipinski definition) is 1. The zero-order chi connectivity index (χ0) is 15.2. The highest BCUT2D eigenvalue weighted by molar-refractivity contribution is 5.26. The first-order valence-corrected chi connectivity index (χ1v) is 7.13. The topological polar surface area (TPSA) is 45.8 Å². The smallest absolute Gasteiger partial charge is 0.119 e. The summed E-state index contributed by atoms with van der Waals surface area (Å²) in [5, 5.41) is 10.0. The van der Waals surface area contributed by atoms with E-state index < -0.39 is 6.10 Å². The van der Waals surface area contributed by atoms with Crippen LogP contribution in [0.5, 0.6) is 5.75 Å². The third kappa shape index (κ3) is 4.92. The molecule has 0 bridgehead atoms. The molecule has 0 saturated heterocycles. The van der Waals surface area contributed by atoms with Crippen LogP contribution in [0.15, 0.2) is 41.0 Å². The molecule has 1 aromatic carbocycles. The molecule has 1 heterocycles. The zero-order valence-corrected chi connectivity index (χ0v) is 12.9. The molecule has 2 rings (SSSR count). The van der Waals surface area contributed by atoms with Crippen LogP contribution in [0.25, 0.3) is 0 Å². The number of benzene rings is 1. The second kappa shape index (κ2) is 7.29. The van der Waals surface area contributed by atoms with Crippen molar-refractivity contribution in [2.45, 2.75) is 26.5 Å². The fraction of sp³-hybridized carbons (Fsp3) is 0.412. The molecular weight excluding hydrogens is 266 g/mol. The molecule has 1 N–H and O–H groups in total. The van der Waals surface area contributed by atoms with Crippen LogP contribution in [0.4, 0.5) is 0 Å². The Bertz CT molecular complexity index is 547. The Morgan fingerprint density at radius 2 is 1.90 bits per heavy atom. The van der Waals surface area contributed by atoms with E-state index in [1.54, 1.807) is 6.26 Å². The van der Waals surface area contributed by atoms with Gasteiger partial charge in [-0.2, -0.15) is 0 Å². The van der Waals surface area contributed by atoms with E-state index in [1.165, 1.54) is 5.56 Å². The molecule has 4 heteroatoms. The van der Waals surface area contributed by atoms with Crippen molar-refractivity contribution in [1.29, 1.82) is 0 Å². The van der Waals surface area contributed by atoms with Gasteiger partial charge in [-0.3, -0.25) is 4.90 Å². The van der Waals surface area contributed by atoms with Gasteiger partial charge in [0.25, 0.3) is 0 Å². The standard InChI is InChI=1S/C17H23NO3/c1-13-4-6-17(7-5-13)21-12-16(19)11-18(3)10-15-8-9-20-14(15)2/h4-9,16,19H,10-12H2,1-3H3. The summed E-state index contributed by atoms with van der Waals surface area (Å²) in [7, 11) is 1.97. The fourth-order valence-corrected chi connectivity index (χ4v) is 2.17. The van der Waals surface area contributed by atoms with E-state index in [9.17, 15) is 5.11 Å². The molecule has 2 aromatic rings. The second-order valence-electron chi connectivity index (χ2n) is 5.48. The average molecular weight is 289 g/mol. The first-order valence-electron chi connectivity index (χ1n) is 7.13. The molecule has 0 radical (unpaired) electrons. The van der Waals surface area contributed by atoms with Gasteiger partial charge in [0.15, 0.2) is 0 Å². The normalized spacial score (nSPS) is 12.6. The minimum Gasteiger partial charge on any atom is -0.491 e. The molecule has 1 aromatic heterocycles. The van der Waals surface area contributed by atoms with Crippen LogP contribution in [-0.4, -0.2) is 36.3 Å². The van der Waals surface area contributed by atoms with Gasteiger partial charge in [-0.25, -0.2) is 0 Å². The Labute approximate surface area is 126 Å². The first kappa shape index (κ1) is 15.6. The minimum atomic E-state index is -0.525. The number of aliphatic hydroxyl groups is 1. The zero-order valence-electron chi connectivity index (χ0n) is 12.9. The van der Waals surface area contributed by atoms with Gasteiger partial charge in [0, 0.05) is 18.7 Å². The van der Waals surface area contributed by atoms with Gasteiger partial charge < -0.3 is 14.3 Å². The first-order chi connectivity index (χ1) is 10.0. The number of furan rings is 1. The molecule has 4 nitrogen and oxygen atoms in total. The summed E-state index contributed by atoms with van der Waals surface area (Å²) >= 11 is 0. The quantitative estimate of drug-likeness (QED) is 0.851. The third-order valence-electron chi connectivity index (χ3n) is 3.39. The third-order valence-corrected chi connectivity index (χ3v) is 3.39. The maximum absolute atomic E-state index is 10.0. The van der Waals surface area contributed by atoms with Crippen LogP contribution in [-0.2, 0) is 6.54 Å². The summed E-state index contributed by atoms with van der Waals surface area (Å²) < 4.78 is 10.9. The number of aliphatic hydroxyl groups excluding tert-OH is 1. The van der Waals surface area contributed by atoms with Crippen LogP contribution >= 0.6 is 0 Å². The van der Waals surface area contributed by atoms with E-state index in [2.05, 4.69) is 4.90 Å². The van der Waals surface area contributed by atoms with Crippen molar-refractivity contribution in [2.24, 2.45) is 0 Å². The molecular formula is C17H23NO3. The maximum atomic E-state index is 10.0. The Kier molecular flexibility index (Phi) is 5.42. The largest absolute Gasteiger partial charge is 0.491 e. The fourth-order valence-electron chi connectivity index (χ4n) is 2.17. The number of nitrogens with zero attached hydrogens (tertiary/aromatic N) is 1. The number of hydrogen-bond acceptors (Lipinski definition) is 4.